The van der Waals surface area contributed by atoms with Gasteiger partial charge in [-0.25, -0.2) is 0 Å². The molecule has 0 aliphatic rings. The van der Waals surface area contributed by atoms with Gasteiger partial charge >= 0.3 is 0 Å². The summed E-state index contributed by atoms with van der Waals surface area (Å²) >= 11 is 3.97. The maximum atomic E-state index is 9.87. The van der Waals surface area contributed by atoms with E-state index in [2.05, 4.69) is 31.5 Å². The molecule has 0 unspecified atom stereocenters. The van der Waals surface area contributed by atoms with Crippen LogP contribution in [0.1, 0.15) is 30.9 Å². The molecular weight excluding hydrogens is 194 g/mol. The molecule has 0 bridgehead atoms. The number of hydrogen-bond donors (Lipinski definition) is 2. The van der Waals surface area contributed by atoms with Crippen molar-refractivity contribution in [1.29, 1.82) is 0 Å². The van der Waals surface area contributed by atoms with Gasteiger partial charge in [0.15, 0.2) is 0 Å². The van der Waals surface area contributed by atoms with Crippen LogP contribution in [-0.4, -0.2) is 17.2 Å². The number of phenols is 1. The highest BCUT2D eigenvalue weighted by molar-refractivity contribution is 7.80. The van der Waals surface area contributed by atoms with Crippen LogP contribution in [0.15, 0.2) is 23.2 Å². The number of rotatable bonds is 3. The Morgan fingerprint density at radius 2 is 2.21 bits per heavy atom. The van der Waals surface area contributed by atoms with Gasteiger partial charge in [0.25, 0.3) is 0 Å². The maximum absolute atomic E-state index is 9.87. The zero-order valence-electron chi connectivity index (χ0n) is 8.44. The van der Waals surface area contributed by atoms with Crippen molar-refractivity contribution in [2.45, 2.75) is 19.8 Å². The van der Waals surface area contributed by atoms with Gasteiger partial charge < -0.3 is 5.11 Å². The number of para-hydroxylation sites is 1. The summed E-state index contributed by atoms with van der Waals surface area (Å²) in [4.78, 5) is 3.98. The Morgan fingerprint density at radius 3 is 2.79 bits per heavy atom. The first kappa shape index (κ1) is 11.1. The van der Waals surface area contributed by atoms with Gasteiger partial charge in [0.05, 0.1) is 5.88 Å². The molecule has 1 aromatic carbocycles. The highest BCUT2D eigenvalue weighted by Crippen LogP contribution is 2.27. The molecule has 0 aromatic heterocycles. The van der Waals surface area contributed by atoms with Gasteiger partial charge in [0.1, 0.15) is 5.75 Å². The van der Waals surface area contributed by atoms with Crippen molar-refractivity contribution in [1.82, 2.24) is 0 Å². The fourth-order valence-electron chi connectivity index (χ4n) is 1.29. The second-order valence-corrected chi connectivity index (χ2v) is 3.68. The van der Waals surface area contributed by atoms with Crippen LogP contribution in [0.3, 0.4) is 0 Å². The third kappa shape index (κ3) is 2.51. The Balaban J connectivity index is 3.07. The Bertz CT molecular complexity index is 334. The molecule has 0 saturated heterocycles. The maximum Gasteiger partial charge on any atom is 0.127 e. The molecule has 0 atom stereocenters. The zero-order chi connectivity index (χ0) is 10.6. The number of aromatic hydroxyl groups is 1. The summed E-state index contributed by atoms with van der Waals surface area (Å²) < 4.78 is 0. The van der Waals surface area contributed by atoms with Gasteiger partial charge in [-0.2, -0.15) is 12.6 Å². The molecule has 0 radical (unpaired) electrons. The molecule has 0 heterocycles. The van der Waals surface area contributed by atoms with Crippen LogP contribution in [-0.2, 0) is 0 Å². The second-order valence-electron chi connectivity index (χ2n) is 3.39. The predicted molar refractivity (Wildman–Crippen MR) is 63.6 cm³/mol. The van der Waals surface area contributed by atoms with Crippen molar-refractivity contribution in [3.63, 3.8) is 0 Å². The standard InChI is InChI=1S/C11H15NOS/c1-8(2)10-5-3-4-9(11(10)13)6-12-7-14/h3-6,8,13-14H,7H2,1-2H3. The van der Waals surface area contributed by atoms with Gasteiger partial charge in [-0.3, -0.25) is 4.99 Å². The van der Waals surface area contributed by atoms with Gasteiger partial charge in [-0.1, -0.05) is 26.0 Å². The molecule has 0 spiro atoms. The van der Waals surface area contributed by atoms with Gasteiger partial charge in [0.2, 0.25) is 0 Å². The first-order chi connectivity index (χ1) is 6.66. The van der Waals surface area contributed by atoms with E-state index in [1.165, 1.54) is 0 Å². The number of benzene rings is 1. The van der Waals surface area contributed by atoms with E-state index >= 15 is 0 Å². The molecule has 1 aromatic rings. The number of aliphatic imine (C=N–C) groups is 1. The van der Waals surface area contributed by atoms with E-state index in [0.717, 1.165) is 11.1 Å². The van der Waals surface area contributed by atoms with E-state index in [1.807, 2.05) is 18.2 Å². The normalized spacial score (nSPS) is 11.4. The minimum absolute atomic E-state index is 0.319. The van der Waals surface area contributed by atoms with E-state index in [4.69, 9.17) is 0 Å². The topological polar surface area (TPSA) is 32.6 Å². The van der Waals surface area contributed by atoms with Crippen LogP contribution in [0.5, 0.6) is 5.75 Å². The van der Waals surface area contributed by atoms with Crippen LogP contribution in [0.25, 0.3) is 0 Å². The SMILES string of the molecule is CC(C)c1cccc(C=NCS)c1O. The lowest BCUT2D eigenvalue weighted by molar-refractivity contribution is 0.464. The van der Waals surface area contributed by atoms with Crippen molar-refractivity contribution in [2.75, 3.05) is 5.88 Å². The van der Waals surface area contributed by atoms with E-state index in [1.54, 1.807) is 6.21 Å². The van der Waals surface area contributed by atoms with Crippen molar-refractivity contribution in [3.05, 3.63) is 29.3 Å². The minimum atomic E-state index is 0.319. The molecule has 3 heteroatoms. The smallest absolute Gasteiger partial charge is 0.127 e. The largest absolute Gasteiger partial charge is 0.507 e. The lowest BCUT2D eigenvalue weighted by Crippen LogP contribution is -1.92. The number of hydrogen-bond acceptors (Lipinski definition) is 3. The first-order valence-electron chi connectivity index (χ1n) is 4.59. The summed E-state index contributed by atoms with van der Waals surface area (Å²) in [5.74, 6) is 1.08. The Morgan fingerprint density at radius 1 is 1.50 bits per heavy atom. The minimum Gasteiger partial charge on any atom is -0.507 e. The van der Waals surface area contributed by atoms with Gasteiger partial charge in [-0.05, 0) is 17.5 Å². The van der Waals surface area contributed by atoms with Crippen LogP contribution in [0.4, 0.5) is 0 Å². The summed E-state index contributed by atoms with van der Waals surface area (Å²) in [5.41, 5.74) is 1.71. The average Bonchev–Trinajstić information content (AvgIpc) is 2.16. The molecular formula is C11H15NOS. The third-order valence-electron chi connectivity index (χ3n) is 2.03. The van der Waals surface area contributed by atoms with Crippen LogP contribution < -0.4 is 0 Å². The summed E-state index contributed by atoms with van der Waals surface area (Å²) in [7, 11) is 0. The van der Waals surface area contributed by atoms with Crippen molar-refractivity contribution in [2.24, 2.45) is 4.99 Å². The molecule has 0 aliphatic carbocycles. The molecule has 76 valence electrons. The molecule has 1 rings (SSSR count). The number of phenolic OH excluding ortho intramolecular Hbond substituents is 1. The predicted octanol–water partition coefficient (Wildman–Crippen LogP) is 2.82. The highest BCUT2D eigenvalue weighted by atomic mass is 32.1. The zero-order valence-corrected chi connectivity index (χ0v) is 9.33. The summed E-state index contributed by atoms with van der Waals surface area (Å²) in [5, 5.41) is 9.87. The summed E-state index contributed by atoms with van der Waals surface area (Å²) in [6.07, 6.45) is 1.65. The Kier molecular flexibility index (Phi) is 4.01. The van der Waals surface area contributed by atoms with Crippen LogP contribution >= 0.6 is 12.6 Å². The lowest BCUT2D eigenvalue weighted by atomic mass is 9.99. The molecule has 2 nitrogen and oxygen atoms in total. The third-order valence-corrected chi connectivity index (χ3v) is 2.20. The van der Waals surface area contributed by atoms with Gasteiger partial charge in [-0.15, -0.1) is 0 Å². The highest BCUT2D eigenvalue weighted by Gasteiger charge is 2.07. The Labute approximate surface area is 90.1 Å². The van der Waals surface area contributed by atoms with Crippen molar-refractivity contribution < 1.29 is 5.11 Å². The Hall–Kier alpha value is -0.960. The fraction of sp³-hybridized carbons (Fsp3) is 0.364. The summed E-state index contributed by atoms with van der Waals surface area (Å²) in [6.45, 7) is 4.10. The van der Waals surface area contributed by atoms with E-state index in [0.29, 0.717) is 17.5 Å². The van der Waals surface area contributed by atoms with Crippen molar-refractivity contribution >= 4 is 18.8 Å². The molecule has 1 N–H and O–H groups in total. The molecule has 0 saturated carbocycles. The average molecular weight is 209 g/mol. The molecule has 0 aliphatic heterocycles. The monoisotopic (exact) mass is 209 g/mol. The fourth-order valence-corrected chi connectivity index (χ4v) is 1.37. The quantitative estimate of drug-likeness (QED) is 0.582. The molecule has 14 heavy (non-hydrogen) atoms. The molecule has 0 fully saturated rings. The van der Waals surface area contributed by atoms with E-state index in [-0.39, 0.29) is 0 Å². The first-order valence-corrected chi connectivity index (χ1v) is 5.22. The summed E-state index contributed by atoms with van der Waals surface area (Å²) in [6, 6.07) is 5.70. The van der Waals surface area contributed by atoms with Crippen LogP contribution in [0, 0.1) is 0 Å². The van der Waals surface area contributed by atoms with Gasteiger partial charge in [0, 0.05) is 11.8 Å². The van der Waals surface area contributed by atoms with E-state index in [9.17, 15) is 5.11 Å². The van der Waals surface area contributed by atoms with E-state index < -0.39 is 0 Å². The van der Waals surface area contributed by atoms with Crippen LogP contribution in [0.2, 0.25) is 0 Å². The number of nitrogens with zero attached hydrogens (tertiary/aromatic N) is 1. The van der Waals surface area contributed by atoms with Crippen molar-refractivity contribution in [3.8, 4) is 5.75 Å². The lowest BCUT2D eigenvalue weighted by Gasteiger charge is -2.09. The second kappa shape index (κ2) is 5.05. The molecule has 0 amide bonds. The number of thiol groups is 1.